The third-order valence-corrected chi connectivity index (χ3v) is 7.61. The standard InChI is InChI=1S/C14H24N2Si/c1-7-17(6,16(4)5)14-11-9-8-10-13(14)12-15(2)3/h7-11H,1,12H2,2-6H3. The molecule has 0 aliphatic rings. The van der Waals surface area contributed by atoms with Crippen molar-refractivity contribution in [1.82, 2.24) is 9.47 Å². The average Bonchev–Trinajstić information content (AvgIpc) is 2.27. The van der Waals surface area contributed by atoms with Gasteiger partial charge in [0, 0.05) is 6.54 Å². The summed E-state index contributed by atoms with van der Waals surface area (Å²) in [4.78, 5) is 2.21. The van der Waals surface area contributed by atoms with E-state index in [1.165, 1.54) is 10.8 Å². The van der Waals surface area contributed by atoms with Crippen molar-refractivity contribution < 1.29 is 0 Å². The van der Waals surface area contributed by atoms with Crippen LogP contribution in [0.2, 0.25) is 6.55 Å². The molecule has 0 aromatic heterocycles. The van der Waals surface area contributed by atoms with Gasteiger partial charge in [0.25, 0.3) is 0 Å². The molecule has 0 amide bonds. The van der Waals surface area contributed by atoms with Crippen LogP contribution in [0, 0.1) is 0 Å². The smallest absolute Gasteiger partial charge is 0.181 e. The Morgan fingerprint density at radius 3 is 2.24 bits per heavy atom. The van der Waals surface area contributed by atoms with Crippen molar-refractivity contribution in [3.05, 3.63) is 42.1 Å². The SMILES string of the molecule is C=C[Si](C)(c1ccccc1CN(C)C)N(C)C. The Balaban J connectivity index is 3.24. The van der Waals surface area contributed by atoms with E-state index in [1.807, 2.05) is 0 Å². The van der Waals surface area contributed by atoms with E-state index in [1.54, 1.807) is 0 Å². The molecule has 0 fully saturated rings. The molecular formula is C14H24N2Si. The van der Waals surface area contributed by atoms with Crippen molar-refractivity contribution in [3.8, 4) is 0 Å². The van der Waals surface area contributed by atoms with E-state index >= 15 is 0 Å². The predicted octanol–water partition coefficient (Wildman–Crippen LogP) is 1.82. The molecule has 1 aromatic carbocycles. The predicted molar refractivity (Wildman–Crippen MR) is 79.0 cm³/mol. The van der Waals surface area contributed by atoms with Crippen molar-refractivity contribution in [2.75, 3.05) is 28.2 Å². The van der Waals surface area contributed by atoms with Crippen LogP contribution < -0.4 is 5.19 Å². The largest absolute Gasteiger partial charge is 0.323 e. The third kappa shape index (κ3) is 3.06. The molecule has 1 rings (SSSR count). The lowest BCUT2D eigenvalue weighted by Gasteiger charge is -2.33. The molecule has 0 spiro atoms. The molecule has 0 radical (unpaired) electrons. The van der Waals surface area contributed by atoms with Crippen LogP contribution in [0.15, 0.2) is 36.5 Å². The van der Waals surface area contributed by atoms with Crippen LogP contribution in [-0.4, -0.2) is 45.9 Å². The van der Waals surface area contributed by atoms with Gasteiger partial charge in [-0.1, -0.05) is 30.0 Å². The fraction of sp³-hybridized carbons (Fsp3) is 0.429. The highest BCUT2D eigenvalue weighted by Gasteiger charge is 2.30. The molecule has 0 aliphatic carbocycles. The van der Waals surface area contributed by atoms with Crippen LogP contribution in [0.1, 0.15) is 5.56 Å². The molecule has 0 N–H and O–H groups in total. The van der Waals surface area contributed by atoms with E-state index in [0.717, 1.165) is 6.54 Å². The summed E-state index contributed by atoms with van der Waals surface area (Å²) in [6.45, 7) is 7.39. The molecule has 94 valence electrons. The van der Waals surface area contributed by atoms with Crippen LogP contribution in [0.25, 0.3) is 0 Å². The molecule has 0 aliphatic heterocycles. The number of hydrogen-bond acceptors (Lipinski definition) is 2. The Kier molecular flexibility index (Phi) is 4.68. The molecule has 1 aromatic rings. The minimum Gasteiger partial charge on any atom is -0.323 e. The van der Waals surface area contributed by atoms with E-state index in [2.05, 4.69) is 80.7 Å². The summed E-state index contributed by atoms with van der Waals surface area (Å²) in [6.07, 6.45) is 0. The van der Waals surface area contributed by atoms with Gasteiger partial charge < -0.3 is 9.47 Å². The Hall–Kier alpha value is -0.903. The second kappa shape index (κ2) is 5.62. The maximum atomic E-state index is 4.06. The van der Waals surface area contributed by atoms with Crippen LogP contribution in [0.4, 0.5) is 0 Å². The van der Waals surface area contributed by atoms with Gasteiger partial charge in [0.15, 0.2) is 8.24 Å². The van der Waals surface area contributed by atoms with Gasteiger partial charge in [-0.3, -0.25) is 0 Å². The lowest BCUT2D eigenvalue weighted by Crippen LogP contribution is -2.57. The molecule has 3 heteroatoms. The van der Waals surface area contributed by atoms with Crippen molar-refractivity contribution in [2.45, 2.75) is 13.1 Å². The zero-order valence-electron chi connectivity index (χ0n) is 11.7. The Morgan fingerprint density at radius 2 is 1.76 bits per heavy atom. The highest BCUT2D eigenvalue weighted by Crippen LogP contribution is 2.12. The summed E-state index contributed by atoms with van der Waals surface area (Å²) in [5.74, 6) is 0. The Bertz CT molecular complexity index is 388. The molecule has 0 saturated carbocycles. The third-order valence-electron chi connectivity index (χ3n) is 3.38. The van der Waals surface area contributed by atoms with Gasteiger partial charge >= 0.3 is 0 Å². The fourth-order valence-corrected chi connectivity index (χ4v) is 4.34. The maximum Gasteiger partial charge on any atom is 0.181 e. The summed E-state index contributed by atoms with van der Waals surface area (Å²) in [5.41, 5.74) is 3.57. The van der Waals surface area contributed by atoms with Crippen molar-refractivity contribution in [1.29, 1.82) is 0 Å². The minimum atomic E-state index is -1.72. The zero-order valence-corrected chi connectivity index (χ0v) is 12.7. The first-order chi connectivity index (χ1) is 7.91. The van der Waals surface area contributed by atoms with Gasteiger partial charge in [0.2, 0.25) is 0 Å². The van der Waals surface area contributed by atoms with Gasteiger partial charge in [-0.2, -0.15) is 0 Å². The highest BCUT2D eigenvalue weighted by atomic mass is 28.3. The first kappa shape index (κ1) is 14.2. The molecule has 1 unspecified atom stereocenters. The van der Waals surface area contributed by atoms with E-state index in [0.29, 0.717) is 0 Å². The van der Waals surface area contributed by atoms with E-state index in [-0.39, 0.29) is 0 Å². The molecule has 0 heterocycles. The fourth-order valence-electron chi connectivity index (χ4n) is 2.03. The van der Waals surface area contributed by atoms with Crippen molar-refractivity contribution >= 4 is 13.4 Å². The summed E-state index contributed by atoms with van der Waals surface area (Å²) < 4.78 is 2.34. The molecule has 0 saturated heterocycles. The topological polar surface area (TPSA) is 6.48 Å². The number of nitrogens with zero attached hydrogens (tertiary/aromatic N) is 2. The summed E-state index contributed by atoms with van der Waals surface area (Å²) in [7, 11) is 6.81. The summed E-state index contributed by atoms with van der Waals surface area (Å²) in [5, 5.41) is 1.47. The van der Waals surface area contributed by atoms with E-state index in [4.69, 9.17) is 0 Å². The van der Waals surface area contributed by atoms with Gasteiger partial charge in [-0.05, 0) is 45.5 Å². The summed E-state index contributed by atoms with van der Waals surface area (Å²) in [6, 6.07) is 8.74. The normalized spacial score (nSPS) is 15.0. The van der Waals surface area contributed by atoms with Crippen LogP contribution in [0.5, 0.6) is 0 Å². The van der Waals surface area contributed by atoms with Gasteiger partial charge in [-0.25, -0.2) is 0 Å². The van der Waals surface area contributed by atoms with Gasteiger partial charge in [0.05, 0.1) is 0 Å². The van der Waals surface area contributed by atoms with E-state index in [9.17, 15) is 0 Å². The first-order valence-corrected chi connectivity index (χ1v) is 8.48. The lowest BCUT2D eigenvalue weighted by atomic mass is 10.2. The monoisotopic (exact) mass is 248 g/mol. The molecule has 1 atom stereocenters. The highest BCUT2D eigenvalue weighted by molar-refractivity contribution is 6.92. The van der Waals surface area contributed by atoms with Gasteiger partial charge in [0.1, 0.15) is 0 Å². The minimum absolute atomic E-state index is 0.987. The van der Waals surface area contributed by atoms with Crippen molar-refractivity contribution in [3.63, 3.8) is 0 Å². The summed E-state index contributed by atoms with van der Waals surface area (Å²) >= 11 is 0. The van der Waals surface area contributed by atoms with Crippen molar-refractivity contribution in [2.24, 2.45) is 0 Å². The second-order valence-electron chi connectivity index (χ2n) is 5.14. The number of hydrogen-bond donors (Lipinski definition) is 0. The quantitative estimate of drug-likeness (QED) is 0.734. The van der Waals surface area contributed by atoms with E-state index < -0.39 is 8.24 Å². The number of benzene rings is 1. The Morgan fingerprint density at radius 1 is 1.18 bits per heavy atom. The average molecular weight is 248 g/mol. The van der Waals surface area contributed by atoms with Crippen LogP contribution in [0.3, 0.4) is 0 Å². The lowest BCUT2D eigenvalue weighted by molar-refractivity contribution is 0.403. The Labute approximate surface area is 107 Å². The second-order valence-corrected chi connectivity index (χ2v) is 9.28. The molecule has 2 nitrogen and oxygen atoms in total. The molecule has 17 heavy (non-hydrogen) atoms. The molecule has 0 bridgehead atoms. The van der Waals surface area contributed by atoms with Crippen LogP contribution in [-0.2, 0) is 6.54 Å². The first-order valence-electron chi connectivity index (χ1n) is 5.96. The van der Waals surface area contributed by atoms with Crippen LogP contribution >= 0.6 is 0 Å². The molecular weight excluding hydrogens is 224 g/mol. The zero-order chi connectivity index (χ0) is 13.1. The number of rotatable bonds is 5. The van der Waals surface area contributed by atoms with Gasteiger partial charge in [-0.15, -0.1) is 6.58 Å². The maximum absolute atomic E-state index is 4.06.